The van der Waals surface area contributed by atoms with Crippen LogP contribution in [0.25, 0.3) is 10.8 Å². The number of rotatable bonds is 8. The number of carbonyl (C=O) groups is 3. The molecule has 2 atom stereocenters. The van der Waals surface area contributed by atoms with Gasteiger partial charge in [0.05, 0.1) is 13.1 Å². The fraction of sp³-hybridized carbons (Fsp3) is 0.406. The Kier molecular flexibility index (Phi) is 8.38. The predicted molar refractivity (Wildman–Crippen MR) is 151 cm³/mol. The van der Waals surface area contributed by atoms with Gasteiger partial charge in [-0.1, -0.05) is 79.9 Å². The number of nitrogens with zero attached hydrogens (tertiary/aromatic N) is 1. The Balaban J connectivity index is 1.40. The van der Waals surface area contributed by atoms with Crippen LogP contribution in [-0.4, -0.2) is 58.7 Å². The zero-order valence-corrected chi connectivity index (χ0v) is 22.4. The zero-order valence-electron chi connectivity index (χ0n) is 22.4. The lowest BCUT2D eigenvalue weighted by Crippen LogP contribution is -2.67. The Morgan fingerprint density at radius 3 is 2.21 bits per heavy atom. The standard InChI is InChI=1S/C32H37N3O4/c36-29(26-18-17-24-13-7-8-14-25(24)22-26)34-28(21-23-11-3-1-4-12-23)31(38)35(19-9-10-20-35)32(39)30(37)33-27-15-5-2-6-16-27/h1,3-4,7-8,11-14,17-18,22,27-28,32,39H,2,5-6,9-10,15-16,19-21H2,(H-,33,34,36,37)/p+1. The number of aliphatic hydroxyl groups excluding tert-OH is 1. The molecule has 1 saturated carbocycles. The Bertz CT molecular complexity index is 1310. The minimum atomic E-state index is -1.50. The number of carbonyl (C=O) groups excluding carboxylic acids is 3. The Hall–Kier alpha value is -3.55. The molecule has 1 aliphatic carbocycles. The van der Waals surface area contributed by atoms with E-state index in [4.69, 9.17) is 0 Å². The fourth-order valence-corrected chi connectivity index (χ4v) is 6.16. The number of hydrogen-bond donors (Lipinski definition) is 3. The molecule has 7 nitrogen and oxygen atoms in total. The summed E-state index contributed by atoms with van der Waals surface area (Å²) in [5, 5.41) is 19.3. The van der Waals surface area contributed by atoms with Crippen LogP contribution in [0, 0.1) is 0 Å². The van der Waals surface area contributed by atoms with Gasteiger partial charge >= 0.3 is 11.8 Å². The van der Waals surface area contributed by atoms with Gasteiger partial charge in [-0.25, -0.2) is 9.28 Å². The maximum atomic E-state index is 14.3. The Labute approximate surface area is 229 Å². The van der Waals surface area contributed by atoms with E-state index in [0.29, 0.717) is 18.7 Å². The second-order valence-corrected chi connectivity index (χ2v) is 11.0. The number of fused-ring (bicyclic) bond motifs is 1. The van der Waals surface area contributed by atoms with Crippen molar-refractivity contribution in [2.75, 3.05) is 13.1 Å². The minimum absolute atomic E-state index is 0.0337. The summed E-state index contributed by atoms with van der Waals surface area (Å²) < 4.78 is -0.353. The number of likely N-dealkylation sites (tertiary alicyclic amines) is 1. The predicted octanol–water partition coefficient (Wildman–Crippen LogP) is 4.09. The zero-order chi connectivity index (χ0) is 27.2. The lowest BCUT2D eigenvalue weighted by Gasteiger charge is -2.38. The summed E-state index contributed by atoms with van der Waals surface area (Å²) in [6.07, 6.45) is 5.29. The van der Waals surface area contributed by atoms with Crippen molar-refractivity contribution in [3.63, 3.8) is 0 Å². The van der Waals surface area contributed by atoms with E-state index in [1.165, 1.54) is 0 Å². The number of amides is 3. The first-order valence-corrected chi connectivity index (χ1v) is 14.2. The van der Waals surface area contributed by atoms with Crippen LogP contribution in [0.4, 0.5) is 0 Å². The van der Waals surface area contributed by atoms with Crippen LogP contribution in [0.5, 0.6) is 0 Å². The van der Waals surface area contributed by atoms with Crippen LogP contribution >= 0.6 is 0 Å². The van der Waals surface area contributed by atoms with Crippen LogP contribution in [0.2, 0.25) is 0 Å². The van der Waals surface area contributed by atoms with E-state index in [9.17, 15) is 19.5 Å². The lowest BCUT2D eigenvalue weighted by atomic mass is 9.95. The Morgan fingerprint density at radius 2 is 1.49 bits per heavy atom. The first-order valence-electron chi connectivity index (χ1n) is 14.2. The quantitative estimate of drug-likeness (QED) is 0.384. The first kappa shape index (κ1) is 27.0. The smallest absolute Gasteiger partial charge is 0.339 e. The molecule has 3 aromatic rings. The summed E-state index contributed by atoms with van der Waals surface area (Å²) in [7, 11) is 0. The summed E-state index contributed by atoms with van der Waals surface area (Å²) in [6, 6.07) is 22.0. The van der Waals surface area contributed by atoms with Gasteiger partial charge in [-0.3, -0.25) is 9.59 Å². The fourth-order valence-electron chi connectivity index (χ4n) is 6.16. The molecule has 2 fully saturated rings. The summed E-state index contributed by atoms with van der Waals surface area (Å²) in [4.78, 5) is 41.0. The van der Waals surface area contributed by atoms with Gasteiger partial charge in [0, 0.05) is 30.9 Å². The van der Waals surface area contributed by atoms with Crippen LogP contribution in [0.15, 0.2) is 72.8 Å². The maximum absolute atomic E-state index is 14.3. The van der Waals surface area contributed by atoms with E-state index in [1.54, 1.807) is 6.07 Å². The molecule has 0 bridgehead atoms. The van der Waals surface area contributed by atoms with Gasteiger partial charge in [0.2, 0.25) is 0 Å². The van der Waals surface area contributed by atoms with E-state index in [0.717, 1.165) is 61.3 Å². The van der Waals surface area contributed by atoms with Gasteiger partial charge in [-0.15, -0.1) is 0 Å². The first-order chi connectivity index (χ1) is 19.0. The van der Waals surface area contributed by atoms with Gasteiger partial charge in [0.1, 0.15) is 6.04 Å². The molecule has 5 rings (SSSR count). The maximum Gasteiger partial charge on any atom is 0.339 e. The second kappa shape index (κ2) is 12.1. The topological polar surface area (TPSA) is 95.5 Å². The third-order valence-corrected chi connectivity index (χ3v) is 8.36. The molecule has 0 radical (unpaired) electrons. The monoisotopic (exact) mass is 528 g/mol. The van der Waals surface area contributed by atoms with Crippen LogP contribution in [0.1, 0.15) is 60.9 Å². The van der Waals surface area contributed by atoms with Crippen LogP contribution in [0.3, 0.4) is 0 Å². The van der Waals surface area contributed by atoms with Gasteiger partial charge in [0.25, 0.3) is 12.1 Å². The number of hydrogen-bond acceptors (Lipinski definition) is 4. The highest BCUT2D eigenvalue weighted by molar-refractivity contribution is 6.00. The molecule has 0 spiro atoms. The SMILES string of the molecule is O=C(NC(Cc1ccccc1)C(=O)[N+]1(C(O)C(=O)NC2CCCCC2)CCCC1)c1ccc2ccccc2c1. The summed E-state index contributed by atoms with van der Waals surface area (Å²) in [5.74, 6) is -1.17. The number of quaternary nitrogens is 1. The third-order valence-electron chi connectivity index (χ3n) is 8.36. The molecule has 39 heavy (non-hydrogen) atoms. The van der Waals surface area contributed by atoms with Crippen molar-refractivity contribution in [2.45, 2.75) is 69.7 Å². The van der Waals surface area contributed by atoms with Crippen molar-refractivity contribution in [3.8, 4) is 0 Å². The van der Waals surface area contributed by atoms with Gasteiger partial charge in [-0.05, 0) is 41.3 Å². The molecule has 1 aliphatic heterocycles. The van der Waals surface area contributed by atoms with E-state index in [1.807, 2.05) is 66.7 Å². The lowest BCUT2D eigenvalue weighted by molar-refractivity contribution is -0.881. The van der Waals surface area contributed by atoms with E-state index in [-0.39, 0.29) is 28.8 Å². The molecular formula is C32H38N3O4+. The summed E-state index contributed by atoms with van der Waals surface area (Å²) in [5.41, 5.74) is 1.36. The van der Waals surface area contributed by atoms with Crippen LogP contribution in [-0.2, 0) is 16.0 Å². The van der Waals surface area contributed by atoms with E-state index < -0.39 is 18.2 Å². The molecule has 3 amide bonds. The molecule has 7 heteroatoms. The number of aliphatic hydroxyl groups is 1. The molecule has 1 heterocycles. The van der Waals surface area contributed by atoms with Crippen molar-refractivity contribution >= 4 is 28.5 Å². The van der Waals surface area contributed by atoms with Gasteiger partial charge < -0.3 is 15.7 Å². The number of benzene rings is 3. The van der Waals surface area contributed by atoms with Crippen molar-refractivity contribution in [2.24, 2.45) is 0 Å². The molecule has 2 unspecified atom stereocenters. The molecule has 0 aromatic heterocycles. The molecule has 2 aliphatic rings. The molecule has 3 aromatic carbocycles. The second-order valence-electron chi connectivity index (χ2n) is 11.0. The average molecular weight is 529 g/mol. The summed E-state index contributed by atoms with van der Waals surface area (Å²) >= 11 is 0. The van der Waals surface area contributed by atoms with Crippen molar-refractivity contribution in [3.05, 3.63) is 83.9 Å². The van der Waals surface area contributed by atoms with Gasteiger partial charge in [0.15, 0.2) is 0 Å². The Morgan fingerprint density at radius 1 is 0.821 bits per heavy atom. The largest absolute Gasteiger partial charge is 0.346 e. The molecule has 204 valence electrons. The minimum Gasteiger partial charge on any atom is -0.346 e. The van der Waals surface area contributed by atoms with Crippen LogP contribution < -0.4 is 10.6 Å². The number of nitrogens with one attached hydrogen (secondary N) is 2. The van der Waals surface area contributed by atoms with Crippen molar-refractivity contribution < 1.29 is 24.0 Å². The van der Waals surface area contributed by atoms with Crippen molar-refractivity contribution in [1.82, 2.24) is 10.6 Å². The van der Waals surface area contributed by atoms with E-state index >= 15 is 0 Å². The third kappa shape index (κ3) is 6.05. The van der Waals surface area contributed by atoms with Crippen molar-refractivity contribution in [1.29, 1.82) is 0 Å². The molecular weight excluding hydrogens is 490 g/mol. The van der Waals surface area contributed by atoms with E-state index in [2.05, 4.69) is 10.6 Å². The summed E-state index contributed by atoms with van der Waals surface area (Å²) in [6.45, 7) is 0.741. The average Bonchev–Trinajstić information content (AvgIpc) is 3.48. The normalized spacial score (nSPS) is 18.8. The molecule has 3 N–H and O–H groups in total. The molecule has 1 saturated heterocycles. The highest BCUT2D eigenvalue weighted by Gasteiger charge is 2.52. The van der Waals surface area contributed by atoms with Gasteiger partial charge in [-0.2, -0.15) is 0 Å². The highest BCUT2D eigenvalue weighted by atomic mass is 16.3. The highest BCUT2D eigenvalue weighted by Crippen LogP contribution is 2.27.